The van der Waals surface area contributed by atoms with E-state index in [0.717, 1.165) is 23.3 Å². The first-order chi connectivity index (χ1) is 14.2. The predicted octanol–water partition coefficient (Wildman–Crippen LogP) is 3.92. The van der Waals surface area contributed by atoms with Gasteiger partial charge in [0.15, 0.2) is 0 Å². The lowest BCUT2D eigenvalue weighted by Crippen LogP contribution is -2.37. The second-order valence-corrected chi connectivity index (χ2v) is 7.48. The van der Waals surface area contributed by atoms with Crippen molar-refractivity contribution in [2.24, 2.45) is 0 Å². The molecule has 0 spiro atoms. The van der Waals surface area contributed by atoms with E-state index in [1.165, 1.54) is 6.07 Å². The number of hydrogen-bond acceptors (Lipinski definition) is 4. The Morgan fingerprint density at radius 1 is 1.17 bits per heavy atom. The molecule has 2 aromatic carbocycles. The standard InChI is InChI=1S/C22H26F3N3O2/c1-16-5-3-4-6-17(16)14-27(2)15-21(29)26-19-13-18(22(23,24)25)7-8-20(19)28-9-11-30-12-10-28/h3-8,13H,9-12,14-15H2,1-2H3,(H,26,29). The molecule has 0 aromatic heterocycles. The summed E-state index contributed by atoms with van der Waals surface area (Å²) in [7, 11) is 1.81. The number of hydrogen-bond donors (Lipinski definition) is 1. The lowest BCUT2D eigenvalue weighted by Gasteiger charge is -2.31. The summed E-state index contributed by atoms with van der Waals surface area (Å²) in [5.41, 5.74) is 2.17. The maximum Gasteiger partial charge on any atom is 0.416 e. The molecule has 2 aromatic rings. The molecule has 0 atom stereocenters. The Labute approximate surface area is 174 Å². The van der Waals surface area contributed by atoms with Crippen molar-refractivity contribution in [2.45, 2.75) is 19.6 Å². The zero-order valence-corrected chi connectivity index (χ0v) is 17.1. The van der Waals surface area contributed by atoms with Crippen LogP contribution >= 0.6 is 0 Å². The third-order valence-corrected chi connectivity index (χ3v) is 5.06. The molecule has 1 N–H and O–H groups in total. The SMILES string of the molecule is Cc1ccccc1CN(C)CC(=O)Nc1cc(C(F)(F)F)ccc1N1CCOCC1. The molecule has 0 unspecified atom stereocenters. The van der Waals surface area contributed by atoms with E-state index in [-0.39, 0.29) is 18.1 Å². The minimum atomic E-state index is -4.48. The van der Waals surface area contributed by atoms with Crippen LogP contribution < -0.4 is 10.2 Å². The van der Waals surface area contributed by atoms with Gasteiger partial charge in [-0.2, -0.15) is 13.2 Å². The van der Waals surface area contributed by atoms with E-state index >= 15 is 0 Å². The summed E-state index contributed by atoms with van der Waals surface area (Å²) in [6, 6.07) is 11.4. The van der Waals surface area contributed by atoms with Crippen molar-refractivity contribution in [3.8, 4) is 0 Å². The van der Waals surface area contributed by atoms with E-state index in [2.05, 4.69) is 5.32 Å². The van der Waals surface area contributed by atoms with Crippen LogP contribution in [0.4, 0.5) is 24.5 Å². The van der Waals surface area contributed by atoms with Crippen LogP contribution in [0, 0.1) is 6.92 Å². The third-order valence-electron chi connectivity index (χ3n) is 5.06. The molecule has 0 aliphatic carbocycles. The highest BCUT2D eigenvalue weighted by Crippen LogP contribution is 2.35. The molecule has 30 heavy (non-hydrogen) atoms. The zero-order chi connectivity index (χ0) is 21.7. The highest BCUT2D eigenvalue weighted by molar-refractivity contribution is 5.95. The first-order valence-corrected chi connectivity index (χ1v) is 9.81. The lowest BCUT2D eigenvalue weighted by atomic mass is 10.1. The summed E-state index contributed by atoms with van der Waals surface area (Å²) in [4.78, 5) is 16.4. The summed E-state index contributed by atoms with van der Waals surface area (Å²) in [5, 5.41) is 2.69. The Morgan fingerprint density at radius 2 is 1.87 bits per heavy atom. The van der Waals surface area contributed by atoms with Crippen LogP contribution in [0.1, 0.15) is 16.7 Å². The van der Waals surface area contributed by atoms with Crippen LogP contribution in [0.5, 0.6) is 0 Å². The number of anilines is 2. The molecular formula is C22H26F3N3O2. The Balaban J connectivity index is 1.74. The highest BCUT2D eigenvalue weighted by atomic mass is 19.4. The van der Waals surface area contributed by atoms with Crippen molar-refractivity contribution in [1.29, 1.82) is 0 Å². The van der Waals surface area contributed by atoms with Gasteiger partial charge in [0.05, 0.1) is 36.7 Å². The van der Waals surface area contributed by atoms with Gasteiger partial charge in [-0.15, -0.1) is 0 Å². The summed E-state index contributed by atoms with van der Waals surface area (Å²) in [6.45, 7) is 4.73. The van der Waals surface area contributed by atoms with E-state index in [0.29, 0.717) is 38.5 Å². The Bertz CT molecular complexity index is 880. The fourth-order valence-corrected chi connectivity index (χ4v) is 3.46. The first kappa shape index (κ1) is 22.1. The van der Waals surface area contributed by atoms with E-state index in [1.807, 2.05) is 41.0 Å². The number of rotatable bonds is 6. The van der Waals surface area contributed by atoms with Gasteiger partial charge in [0.2, 0.25) is 5.91 Å². The molecule has 1 aliphatic heterocycles. The molecule has 5 nitrogen and oxygen atoms in total. The van der Waals surface area contributed by atoms with Crippen molar-refractivity contribution in [2.75, 3.05) is 50.1 Å². The second-order valence-electron chi connectivity index (χ2n) is 7.48. The van der Waals surface area contributed by atoms with Crippen molar-refractivity contribution in [3.63, 3.8) is 0 Å². The van der Waals surface area contributed by atoms with Crippen molar-refractivity contribution < 1.29 is 22.7 Å². The van der Waals surface area contributed by atoms with E-state index in [9.17, 15) is 18.0 Å². The van der Waals surface area contributed by atoms with Crippen molar-refractivity contribution in [1.82, 2.24) is 4.90 Å². The molecule has 1 saturated heterocycles. The lowest BCUT2D eigenvalue weighted by molar-refractivity contribution is -0.137. The molecule has 1 aliphatic rings. The number of aryl methyl sites for hydroxylation is 1. The van der Waals surface area contributed by atoms with Crippen LogP contribution in [0.3, 0.4) is 0 Å². The quantitative estimate of drug-likeness (QED) is 0.768. The predicted molar refractivity (Wildman–Crippen MR) is 111 cm³/mol. The average molecular weight is 421 g/mol. The Morgan fingerprint density at radius 3 is 2.53 bits per heavy atom. The Kier molecular flexibility index (Phi) is 6.99. The number of ether oxygens (including phenoxy) is 1. The van der Waals surface area contributed by atoms with Crippen LogP contribution in [-0.2, 0) is 22.3 Å². The summed E-state index contributed by atoms with van der Waals surface area (Å²) >= 11 is 0. The van der Waals surface area contributed by atoms with Gasteiger partial charge in [-0.1, -0.05) is 24.3 Å². The number of carbonyl (C=O) groups excluding carboxylic acids is 1. The molecule has 1 amide bonds. The summed E-state index contributed by atoms with van der Waals surface area (Å²) < 4.78 is 45.0. The number of amides is 1. The maximum atomic E-state index is 13.2. The molecule has 1 heterocycles. The van der Waals surface area contributed by atoms with Gasteiger partial charge in [-0.05, 0) is 43.3 Å². The van der Waals surface area contributed by atoms with E-state index in [1.54, 1.807) is 7.05 Å². The van der Waals surface area contributed by atoms with Gasteiger partial charge in [0.1, 0.15) is 0 Å². The fourth-order valence-electron chi connectivity index (χ4n) is 3.46. The molecule has 3 rings (SSSR count). The molecule has 0 bridgehead atoms. The largest absolute Gasteiger partial charge is 0.416 e. The smallest absolute Gasteiger partial charge is 0.378 e. The number of morpholine rings is 1. The average Bonchev–Trinajstić information content (AvgIpc) is 2.69. The van der Waals surface area contributed by atoms with Gasteiger partial charge < -0.3 is 15.0 Å². The molecular weight excluding hydrogens is 395 g/mol. The summed E-state index contributed by atoms with van der Waals surface area (Å²) in [5.74, 6) is -0.361. The van der Waals surface area contributed by atoms with Gasteiger partial charge in [-0.3, -0.25) is 9.69 Å². The number of alkyl halides is 3. The number of likely N-dealkylation sites (N-methyl/N-ethyl adjacent to an activating group) is 1. The van der Waals surface area contributed by atoms with Gasteiger partial charge in [0.25, 0.3) is 0 Å². The maximum absolute atomic E-state index is 13.2. The fraction of sp³-hybridized carbons (Fsp3) is 0.409. The van der Waals surface area contributed by atoms with E-state index in [4.69, 9.17) is 4.74 Å². The molecule has 8 heteroatoms. The van der Waals surface area contributed by atoms with Gasteiger partial charge in [0, 0.05) is 19.6 Å². The topological polar surface area (TPSA) is 44.8 Å². The molecule has 0 saturated carbocycles. The van der Waals surface area contributed by atoms with Crippen LogP contribution in [0.2, 0.25) is 0 Å². The highest BCUT2D eigenvalue weighted by Gasteiger charge is 2.32. The number of benzene rings is 2. The monoisotopic (exact) mass is 421 g/mol. The minimum Gasteiger partial charge on any atom is -0.378 e. The number of nitrogens with one attached hydrogen (secondary N) is 1. The Hall–Kier alpha value is -2.58. The first-order valence-electron chi connectivity index (χ1n) is 9.81. The zero-order valence-electron chi connectivity index (χ0n) is 17.1. The van der Waals surface area contributed by atoms with Crippen molar-refractivity contribution in [3.05, 3.63) is 59.2 Å². The summed E-state index contributed by atoms with van der Waals surface area (Å²) in [6.07, 6.45) is -4.48. The molecule has 0 radical (unpaired) electrons. The number of halogens is 3. The minimum absolute atomic E-state index is 0.0626. The third kappa shape index (κ3) is 5.73. The normalized spacial score (nSPS) is 14.8. The van der Waals surface area contributed by atoms with E-state index < -0.39 is 11.7 Å². The molecule has 1 fully saturated rings. The van der Waals surface area contributed by atoms with Gasteiger partial charge in [-0.25, -0.2) is 0 Å². The number of carbonyl (C=O) groups is 1. The van der Waals surface area contributed by atoms with Crippen molar-refractivity contribution >= 4 is 17.3 Å². The van der Waals surface area contributed by atoms with Gasteiger partial charge >= 0.3 is 6.18 Å². The molecule has 162 valence electrons. The van der Waals surface area contributed by atoms with Crippen LogP contribution in [-0.4, -0.2) is 50.7 Å². The second kappa shape index (κ2) is 9.49. The number of nitrogens with zero attached hydrogens (tertiary/aromatic N) is 2. The van der Waals surface area contributed by atoms with Crippen LogP contribution in [0.25, 0.3) is 0 Å². The van der Waals surface area contributed by atoms with Crippen LogP contribution in [0.15, 0.2) is 42.5 Å².